The van der Waals surface area contributed by atoms with Gasteiger partial charge in [0.25, 0.3) is 0 Å². The molecule has 0 radical (unpaired) electrons. The van der Waals surface area contributed by atoms with Gasteiger partial charge in [-0.05, 0) is 19.9 Å². The van der Waals surface area contributed by atoms with Crippen LogP contribution in [-0.4, -0.2) is 85.3 Å². The van der Waals surface area contributed by atoms with Gasteiger partial charge in [0.15, 0.2) is 0 Å². The molecule has 0 fully saturated rings. The zero-order valence-corrected chi connectivity index (χ0v) is 31.1. The van der Waals surface area contributed by atoms with E-state index in [1.807, 2.05) is 7.05 Å². The van der Waals surface area contributed by atoms with Gasteiger partial charge in [0.1, 0.15) is 12.1 Å². The summed E-state index contributed by atoms with van der Waals surface area (Å²) in [7, 11) is 3.72. The monoisotopic (exact) mass is 664 g/mol. The molecular weight excluding hydrogens is 590 g/mol. The van der Waals surface area contributed by atoms with Gasteiger partial charge in [-0.1, -0.05) is 129 Å². The fourth-order valence-corrected chi connectivity index (χ4v) is 6.11. The summed E-state index contributed by atoms with van der Waals surface area (Å²) >= 11 is 0. The number of aromatic amines is 1. The van der Waals surface area contributed by atoms with E-state index in [1.165, 1.54) is 116 Å². The predicted octanol–water partition coefficient (Wildman–Crippen LogP) is 7.75. The molecule has 1 aromatic heterocycles. The Bertz CT molecular complexity index is 853. The molecule has 1 heterocycles. The van der Waals surface area contributed by atoms with Gasteiger partial charge < -0.3 is 30.0 Å². The molecule has 0 aromatic carbocycles. The summed E-state index contributed by atoms with van der Waals surface area (Å²) < 4.78 is 13.0. The average Bonchev–Trinajstić information content (AvgIpc) is 3.57. The second-order valence-corrected chi connectivity index (χ2v) is 13.5. The van der Waals surface area contributed by atoms with Crippen molar-refractivity contribution in [1.29, 1.82) is 0 Å². The van der Waals surface area contributed by atoms with Crippen LogP contribution >= 0.6 is 0 Å². The number of hydrogen-bond acceptors (Lipinski definition) is 6. The maximum Gasteiger partial charge on any atom is 0.245 e. The van der Waals surface area contributed by atoms with Gasteiger partial charge >= 0.3 is 0 Å². The van der Waals surface area contributed by atoms with Crippen molar-refractivity contribution < 1.29 is 19.1 Å². The number of unbranched alkanes of at least 4 members (excludes halogenated alkanes) is 18. The van der Waals surface area contributed by atoms with Gasteiger partial charge in [-0.2, -0.15) is 0 Å². The Morgan fingerprint density at radius 2 is 1.23 bits per heavy atom. The second kappa shape index (κ2) is 30.1. The van der Waals surface area contributed by atoms with E-state index in [9.17, 15) is 9.59 Å². The number of ether oxygens (including phenoxy) is 2. The van der Waals surface area contributed by atoms with Crippen molar-refractivity contribution in [2.75, 3.05) is 40.4 Å². The fourth-order valence-electron chi connectivity index (χ4n) is 6.11. The minimum atomic E-state index is -0.684. The molecule has 9 heteroatoms. The SMILES string of the molecule is CCCCCCCCCCCCOC(CNC)C(CN(C)C(=O)C(Cc1cnc[nH]1)NC(C)=O)OCCCCCCCCCCCC. The van der Waals surface area contributed by atoms with Crippen LogP contribution in [0.4, 0.5) is 0 Å². The summed E-state index contributed by atoms with van der Waals surface area (Å²) in [4.78, 5) is 34.4. The molecular formula is C38H73N5O4. The van der Waals surface area contributed by atoms with Crippen molar-refractivity contribution in [2.45, 2.75) is 174 Å². The normalized spacial score (nSPS) is 13.4. The standard InChI is InChI=1S/C38H73N5O4/c1-6-8-10-12-14-16-18-20-22-24-26-46-36(30-39-4)37(47-27-25-23-21-19-17-15-13-11-9-7-2)31-43(5)38(45)35(42-33(3)44)28-34-29-40-32-41-34/h29,32,35-37,39H,6-28,30-31H2,1-5H3,(H,40,41)(H,42,44). The molecule has 3 N–H and O–H groups in total. The van der Waals surface area contributed by atoms with Gasteiger partial charge in [-0.25, -0.2) is 4.98 Å². The first-order valence-electron chi connectivity index (χ1n) is 19.3. The van der Waals surface area contributed by atoms with Crippen LogP contribution in [0.25, 0.3) is 0 Å². The molecule has 274 valence electrons. The Kier molecular flexibility index (Phi) is 27.6. The largest absolute Gasteiger partial charge is 0.374 e. The molecule has 2 amide bonds. The van der Waals surface area contributed by atoms with E-state index >= 15 is 0 Å². The lowest BCUT2D eigenvalue weighted by atomic mass is 10.1. The maximum absolute atomic E-state index is 13.6. The van der Waals surface area contributed by atoms with Crippen LogP contribution in [0, 0.1) is 0 Å². The molecule has 0 saturated heterocycles. The van der Waals surface area contributed by atoms with Gasteiger partial charge in [-0.15, -0.1) is 0 Å². The third-order valence-corrected chi connectivity index (χ3v) is 8.96. The number of nitrogens with one attached hydrogen (secondary N) is 3. The molecule has 0 aliphatic carbocycles. The van der Waals surface area contributed by atoms with E-state index in [0.29, 0.717) is 32.7 Å². The number of hydrogen-bond donors (Lipinski definition) is 3. The van der Waals surface area contributed by atoms with E-state index in [1.54, 1.807) is 24.5 Å². The molecule has 9 nitrogen and oxygen atoms in total. The molecule has 0 spiro atoms. The molecule has 47 heavy (non-hydrogen) atoms. The number of rotatable bonds is 33. The summed E-state index contributed by atoms with van der Waals surface area (Å²) in [6.07, 6.45) is 28.8. The fraction of sp³-hybridized carbons (Fsp3) is 0.868. The molecule has 0 saturated carbocycles. The summed E-state index contributed by atoms with van der Waals surface area (Å²) in [5.41, 5.74) is 0.798. The first-order valence-corrected chi connectivity index (χ1v) is 19.3. The Morgan fingerprint density at radius 1 is 0.766 bits per heavy atom. The van der Waals surface area contributed by atoms with Crippen molar-refractivity contribution in [2.24, 2.45) is 0 Å². The van der Waals surface area contributed by atoms with Gasteiger partial charge in [0.2, 0.25) is 11.8 Å². The Labute approximate surface area is 288 Å². The summed E-state index contributed by atoms with van der Waals surface area (Å²) in [5, 5.41) is 6.12. The zero-order chi connectivity index (χ0) is 34.4. The first-order chi connectivity index (χ1) is 22.9. The molecule has 1 rings (SSSR count). The highest BCUT2D eigenvalue weighted by atomic mass is 16.5. The third kappa shape index (κ3) is 23.1. The highest BCUT2D eigenvalue weighted by Gasteiger charge is 2.29. The van der Waals surface area contributed by atoms with Crippen LogP contribution in [0.5, 0.6) is 0 Å². The van der Waals surface area contributed by atoms with Crippen molar-refractivity contribution in [3.8, 4) is 0 Å². The average molecular weight is 664 g/mol. The second-order valence-electron chi connectivity index (χ2n) is 13.5. The number of H-pyrrole nitrogens is 1. The highest BCUT2D eigenvalue weighted by molar-refractivity contribution is 5.87. The number of likely N-dealkylation sites (N-methyl/N-ethyl adjacent to an activating group) is 2. The third-order valence-electron chi connectivity index (χ3n) is 8.96. The summed E-state index contributed by atoms with van der Waals surface area (Å²) in [6.45, 7) is 8.34. The number of aromatic nitrogens is 2. The minimum Gasteiger partial charge on any atom is -0.374 e. The van der Waals surface area contributed by atoms with E-state index in [-0.39, 0.29) is 24.0 Å². The Morgan fingerprint density at radius 3 is 1.66 bits per heavy atom. The molecule has 0 aliphatic heterocycles. The molecule has 3 unspecified atom stereocenters. The van der Waals surface area contributed by atoms with Crippen molar-refractivity contribution in [3.63, 3.8) is 0 Å². The highest BCUT2D eigenvalue weighted by Crippen LogP contribution is 2.15. The minimum absolute atomic E-state index is 0.153. The van der Waals surface area contributed by atoms with Crippen LogP contribution in [0.2, 0.25) is 0 Å². The van der Waals surface area contributed by atoms with Crippen LogP contribution in [0.3, 0.4) is 0 Å². The summed E-state index contributed by atoms with van der Waals surface area (Å²) in [5.74, 6) is -0.391. The van der Waals surface area contributed by atoms with E-state index < -0.39 is 6.04 Å². The van der Waals surface area contributed by atoms with E-state index in [2.05, 4.69) is 34.4 Å². The number of amides is 2. The van der Waals surface area contributed by atoms with Gasteiger partial charge in [0, 0.05) is 58.6 Å². The van der Waals surface area contributed by atoms with E-state index in [4.69, 9.17) is 9.47 Å². The van der Waals surface area contributed by atoms with Gasteiger partial charge in [-0.3, -0.25) is 9.59 Å². The number of carbonyl (C=O) groups is 2. The summed E-state index contributed by atoms with van der Waals surface area (Å²) in [6, 6.07) is -0.684. The van der Waals surface area contributed by atoms with Crippen LogP contribution in [0.1, 0.15) is 155 Å². The molecule has 1 aromatic rings. The van der Waals surface area contributed by atoms with Crippen LogP contribution in [-0.2, 0) is 25.5 Å². The van der Waals surface area contributed by atoms with Crippen molar-refractivity contribution >= 4 is 11.8 Å². The predicted molar refractivity (Wildman–Crippen MR) is 195 cm³/mol. The number of carbonyl (C=O) groups excluding carboxylic acids is 2. The lowest BCUT2D eigenvalue weighted by molar-refractivity contribution is -0.139. The van der Waals surface area contributed by atoms with Crippen LogP contribution < -0.4 is 10.6 Å². The molecule has 0 aliphatic rings. The topological polar surface area (TPSA) is 109 Å². The van der Waals surface area contributed by atoms with Crippen LogP contribution in [0.15, 0.2) is 12.5 Å². The smallest absolute Gasteiger partial charge is 0.245 e. The first kappa shape index (κ1) is 43.1. The van der Waals surface area contributed by atoms with E-state index in [0.717, 1.165) is 25.0 Å². The Balaban J connectivity index is 2.67. The molecule has 3 atom stereocenters. The zero-order valence-electron chi connectivity index (χ0n) is 31.1. The van der Waals surface area contributed by atoms with Crippen molar-refractivity contribution in [1.82, 2.24) is 25.5 Å². The van der Waals surface area contributed by atoms with Gasteiger partial charge in [0.05, 0.1) is 12.4 Å². The number of imidazole rings is 1. The van der Waals surface area contributed by atoms with Crippen molar-refractivity contribution in [3.05, 3.63) is 18.2 Å². The maximum atomic E-state index is 13.6. The quantitative estimate of drug-likeness (QED) is 0.0664. The lowest BCUT2D eigenvalue weighted by Gasteiger charge is -2.32. The molecule has 0 bridgehead atoms. The lowest BCUT2D eigenvalue weighted by Crippen LogP contribution is -2.52. The number of nitrogens with zero attached hydrogens (tertiary/aromatic N) is 2. The Hall–Kier alpha value is -1.97.